The Balaban J connectivity index is 0.00000210. The van der Waals surface area contributed by atoms with Crippen LogP contribution in [-0.2, 0) is 22.2 Å². The average molecular weight is 394 g/mol. The van der Waals surface area contributed by atoms with Crippen LogP contribution in [0.3, 0.4) is 0 Å². The van der Waals surface area contributed by atoms with Gasteiger partial charge in [-0.05, 0) is 32.0 Å². The minimum absolute atomic E-state index is 0. The Bertz CT molecular complexity index is 798. The van der Waals surface area contributed by atoms with Gasteiger partial charge in [0.1, 0.15) is 12.1 Å². The number of piperazine rings is 1. The van der Waals surface area contributed by atoms with Gasteiger partial charge in [0.15, 0.2) is 0 Å². The Kier molecular flexibility index (Phi) is 5.52. The molecule has 2 amide bonds. The Hall–Kier alpha value is -2.39. The van der Waals surface area contributed by atoms with E-state index in [0.29, 0.717) is 25.9 Å². The highest BCUT2D eigenvalue weighted by Crippen LogP contribution is 2.30. The Labute approximate surface area is 163 Å². The molecule has 2 saturated heterocycles. The van der Waals surface area contributed by atoms with E-state index in [9.17, 15) is 9.59 Å². The molecule has 0 spiro atoms. The lowest BCUT2D eigenvalue weighted by molar-refractivity contribution is -0.146. The highest BCUT2D eigenvalue weighted by Gasteiger charge is 2.45. The fourth-order valence-corrected chi connectivity index (χ4v) is 3.86. The van der Waals surface area contributed by atoms with Gasteiger partial charge in [-0.2, -0.15) is 10.2 Å². The van der Waals surface area contributed by atoms with Gasteiger partial charge in [0, 0.05) is 38.7 Å². The molecule has 0 saturated carbocycles. The van der Waals surface area contributed by atoms with E-state index in [2.05, 4.69) is 15.5 Å². The molecule has 0 atom stereocenters. The smallest absolute Gasteiger partial charge is 0.251 e. The predicted molar refractivity (Wildman–Crippen MR) is 102 cm³/mol. The van der Waals surface area contributed by atoms with Crippen molar-refractivity contribution in [2.75, 3.05) is 37.6 Å². The Morgan fingerprint density at radius 1 is 1.22 bits per heavy atom. The van der Waals surface area contributed by atoms with Crippen molar-refractivity contribution >= 4 is 29.9 Å². The van der Waals surface area contributed by atoms with E-state index in [0.717, 1.165) is 18.8 Å². The molecule has 0 bridgehead atoms. The minimum Gasteiger partial charge on any atom is -0.329 e. The van der Waals surface area contributed by atoms with E-state index in [1.165, 1.54) is 0 Å². The molecule has 4 heterocycles. The van der Waals surface area contributed by atoms with Crippen molar-refractivity contribution in [3.05, 3.63) is 30.9 Å². The van der Waals surface area contributed by atoms with Crippen molar-refractivity contribution in [1.29, 1.82) is 0 Å². The second-order valence-electron chi connectivity index (χ2n) is 6.88. The maximum absolute atomic E-state index is 13.4. The summed E-state index contributed by atoms with van der Waals surface area (Å²) >= 11 is 0. The van der Waals surface area contributed by atoms with Gasteiger partial charge < -0.3 is 15.1 Å². The van der Waals surface area contributed by atoms with Crippen molar-refractivity contribution in [2.24, 2.45) is 7.05 Å². The molecule has 2 aliphatic heterocycles. The highest BCUT2D eigenvalue weighted by molar-refractivity contribution is 5.98. The summed E-state index contributed by atoms with van der Waals surface area (Å²) in [4.78, 5) is 29.4. The third kappa shape index (κ3) is 3.44. The zero-order valence-corrected chi connectivity index (χ0v) is 16.1. The molecule has 9 nitrogen and oxygen atoms in total. The van der Waals surface area contributed by atoms with Crippen LogP contribution >= 0.6 is 12.4 Å². The van der Waals surface area contributed by atoms with E-state index in [1.54, 1.807) is 31.6 Å². The van der Waals surface area contributed by atoms with Crippen LogP contribution in [0.1, 0.15) is 12.8 Å². The van der Waals surface area contributed by atoms with Gasteiger partial charge in [0.2, 0.25) is 5.91 Å². The number of hydrogen-bond acceptors (Lipinski definition) is 5. The van der Waals surface area contributed by atoms with Crippen molar-refractivity contribution in [2.45, 2.75) is 18.4 Å². The number of nitrogens with zero attached hydrogens (tertiary/aromatic N) is 6. The molecule has 1 N–H and O–H groups in total. The van der Waals surface area contributed by atoms with Gasteiger partial charge >= 0.3 is 0 Å². The fraction of sp³-hybridized carbons (Fsp3) is 0.529. The number of piperidine rings is 1. The number of aromatic nitrogens is 4. The van der Waals surface area contributed by atoms with Gasteiger partial charge in [0.25, 0.3) is 5.91 Å². The van der Waals surface area contributed by atoms with Crippen molar-refractivity contribution in [1.82, 2.24) is 29.8 Å². The number of halogens is 1. The van der Waals surface area contributed by atoms with Crippen molar-refractivity contribution in [3.8, 4) is 0 Å². The molecular weight excluding hydrogens is 370 g/mol. The van der Waals surface area contributed by atoms with E-state index in [-0.39, 0.29) is 30.8 Å². The van der Waals surface area contributed by atoms with Crippen LogP contribution in [0.25, 0.3) is 0 Å². The molecule has 2 fully saturated rings. The highest BCUT2D eigenvalue weighted by atomic mass is 35.5. The maximum atomic E-state index is 13.4. The van der Waals surface area contributed by atoms with Crippen molar-refractivity contribution in [3.63, 3.8) is 0 Å². The number of amides is 2. The SMILES string of the molecule is Cl.Cn1cc(N2CCN(C(=O)C3(n4cccn4)CCNCC3)CC2=O)cn1. The molecule has 0 radical (unpaired) electrons. The third-order valence-electron chi connectivity index (χ3n) is 5.28. The zero-order valence-electron chi connectivity index (χ0n) is 15.2. The number of aryl methyl sites for hydroxylation is 1. The predicted octanol–water partition coefficient (Wildman–Crippen LogP) is -0.00750. The lowest BCUT2D eigenvalue weighted by atomic mass is 9.86. The topological polar surface area (TPSA) is 88.3 Å². The largest absolute Gasteiger partial charge is 0.329 e. The molecule has 10 heteroatoms. The van der Waals surface area contributed by atoms with Crippen LogP contribution in [0.5, 0.6) is 0 Å². The van der Waals surface area contributed by atoms with Gasteiger partial charge in [-0.3, -0.25) is 19.0 Å². The molecule has 2 aromatic heterocycles. The van der Waals surface area contributed by atoms with Crippen molar-refractivity contribution < 1.29 is 9.59 Å². The molecule has 146 valence electrons. The summed E-state index contributed by atoms with van der Waals surface area (Å²) in [6.45, 7) is 2.59. The quantitative estimate of drug-likeness (QED) is 0.792. The molecule has 27 heavy (non-hydrogen) atoms. The summed E-state index contributed by atoms with van der Waals surface area (Å²) in [5, 5.41) is 11.8. The second-order valence-corrected chi connectivity index (χ2v) is 6.88. The fourth-order valence-electron chi connectivity index (χ4n) is 3.86. The summed E-state index contributed by atoms with van der Waals surface area (Å²) in [5.74, 6) is -0.0935. The zero-order chi connectivity index (χ0) is 18.1. The van der Waals surface area contributed by atoms with E-state index < -0.39 is 5.54 Å². The molecule has 0 unspecified atom stereocenters. The monoisotopic (exact) mass is 393 g/mol. The average Bonchev–Trinajstić information content (AvgIpc) is 3.34. The first-order chi connectivity index (χ1) is 12.6. The summed E-state index contributed by atoms with van der Waals surface area (Å²) in [7, 11) is 1.82. The minimum atomic E-state index is -0.703. The Morgan fingerprint density at radius 3 is 2.59 bits per heavy atom. The number of hydrogen-bond donors (Lipinski definition) is 1. The molecule has 0 aliphatic carbocycles. The summed E-state index contributed by atoms with van der Waals surface area (Å²) < 4.78 is 3.44. The molecule has 0 aromatic carbocycles. The number of carbonyl (C=O) groups excluding carboxylic acids is 2. The summed E-state index contributed by atoms with van der Waals surface area (Å²) in [6, 6.07) is 1.84. The standard InChI is InChI=1S/C17H23N7O2.ClH/c1-21-12-14(11-20-21)23-10-9-22(13-15(23)25)16(26)17(3-6-18-7-4-17)24-8-2-5-19-24;/h2,5,8,11-12,18H,3-4,6-7,9-10,13H2,1H3;1H. The van der Waals surface area contributed by atoms with E-state index in [4.69, 9.17) is 0 Å². The van der Waals surface area contributed by atoms with Gasteiger partial charge in [-0.25, -0.2) is 0 Å². The normalized spacial score (nSPS) is 19.7. The van der Waals surface area contributed by atoms with Crippen LogP contribution in [0.2, 0.25) is 0 Å². The molecule has 2 aromatic rings. The number of rotatable bonds is 3. The van der Waals surface area contributed by atoms with Crippen LogP contribution in [0, 0.1) is 0 Å². The second kappa shape index (κ2) is 7.69. The number of nitrogens with one attached hydrogen (secondary N) is 1. The van der Waals surface area contributed by atoms with Gasteiger partial charge in [0.05, 0.1) is 11.9 Å². The third-order valence-corrected chi connectivity index (χ3v) is 5.28. The number of anilines is 1. The first kappa shape index (κ1) is 19.4. The number of carbonyl (C=O) groups is 2. The van der Waals surface area contributed by atoms with Crippen LogP contribution in [0.4, 0.5) is 5.69 Å². The first-order valence-corrected chi connectivity index (χ1v) is 8.89. The molecular formula is C17H24ClN7O2. The summed E-state index contributed by atoms with van der Waals surface area (Å²) in [5.41, 5.74) is 0.0687. The van der Waals surface area contributed by atoms with Crippen LogP contribution < -0.4 is 10.2 Å². The Morgan fingerprint density at radius 2 is 2.00 bits per heavy atom. The summed E-state index contributed by atoms with van der Waals surface area (Å²) in [6.07, 6.45) is 8.37. The van der Waals surface area contributed by atoms with Crippen LogP contribution in [-0.4, -0.2) is 69.0 Å². The van der Waals surface area contributed by atoms with Gasteiger partial charge in [-0.15, -0.1) is 12.4 Å². The van der Waals surface area contributed by atoms with Gasteiger partial charge in [-0.1, -0.05) is 0 Å². The van der Waals surface area contributed by atoms with E-state index in [1.807, 2.05) is 25.5 Å². The van der Waals surface area contributed by atoms with Crippen LogP contribution in [0.15, 0.2) is 30.9 Å². The van der Waals surface area contributed by atoms with E-state index >= 15 is 0 Å². The first-order valence-electron chi connectivity index (χ1n) is 8.89. The molecule has 4 rings (SSSR count). The molecule has 2 aliphatic rings. The lowest BCUT2D eigenvalue weighted by Crippen LogP contribution is -2.60. The lowest BCUT2D eigenvalue weighted by Gasteiger charge is -2.42. The maximum Gasteiger partial charge on any atom is 0.251 e.